The number of hydrogen-bond acceptors (Lipinski definition) is 1. The van der Waals surface area contributed by atoms with Crippen molar-refractivity contribution in [2.45, 2.75) is 13.5 Å². The zero-order chi connectivity index (χ0) is 10.3. The minimum absolute atomic E-state index is 0.950. The van der Waals surface area contributed by atoms with Gasteiger partial charge in [0, 0.05) is 6.54 Å². The third-order valence-electron chi connectivity index (χ3n) is 3.00. The van der Waals surface area contributed by atoms with Gasteiger partial charge in [-0.15, -0.1) is 0 Å². The summed E-state index contributed by atoms with van der Waals surface area (Å²) in [6.45, 7) is 3.12. The van der Waals surface area contributed by atoms with Crippen LogP contribution in [0.5, 0.6) is 0 Å². The first-order valence-corrected chi connectivity index (χ1v) is 5.12. The van der Waals surface area contributed by atoms with E-state index in [9.17, 15) is 0 Å². The van der Waals surface area contributed by atoms with Gasteiger partial charge < -0.3 is 4.57 Å². The Morgan fingerprint density at radius 1 is 1.20 bits per heavy atom. The molecule has 0 saturated heterocycles. The van der Waals surface area contributed by atoms with Gasteiger partial charge in [-0.05, 0) is 23.6 Å². The van der Waals surface area contributed by atoms with Crippen molar-refractivity contribution in [1.29, 1.82) is 0 Å². The van der Waals surface area contributed by atoms with Crippen molar-refractivity contribution in [3.8, 4) is 0 Å². The van der Waals surface area contributed by atoms with E-state index in [0.717, 1.165) is 6.54 Å². The second-order valence-electron chi connectivity index (χ2n) is 3.88. The van der Waals surface area contributed by atoms with Crippen LogP contribution in [-0.2, 0) is 6.54 Å². The van der Waals surface area contributed by atoms with Gasteiger partial charge >= 0.3 is 0 Å². The van der Waals surface area contributed by atoms with Crippen LogP contribution >= 0.6 is 0 Å². The average molecular weight is 196 g/mol. The minimum atomic E-state index is 0.950. The molecule has 0 N–H and O–H groups in total. The molecule has 0 amide bonds. The number of rotatable bonds is 1. The molecule has 2 nitrogen and oxygen atoms in total. The van der Waals surface area contributed by atoms with Crippen molar-refractivity contribution in [1.82, 2.24) is 9.55 Å². The highest BCUT2D eigenvalue weighted by atomic mass is 15.1. The van der Waals surface area contributed by atoms with Crippen molar-refractivity contribution in [3.05, 3.63) is 54.1 Å². The SMILES string of the molecule is CC1=C(c2ccccc2)Cn2cncc21. The lowest BCUT2D eigenvalue weighted by Gasteiger charge is -2.03. The molecule has 0 saturated carbocycles. The Labute approximate surface area is 88.9 Å². The fraction of sp³-hybridized carbons (Fsp3) is 0.154. The summed E-state index contributed by atoms with van der Waals surface area (Å²) >= 11 is 0. The molecule has 0 fully saturated rings. The van der Waals surface area contributed by atoms with Crippen LogP contribution in [-0.4, -0.2) is 9.55 Å². The normalized spacial score (nSPS) is 14.5. The smallest absolute Gasteiger partial charge is 0.0954 e. The van der Waals surface area contributed by atoms with Crippen LogP contribution in [0.25, 0.3) is 11.1 Å². The van der Waals surface area contributed by atoms with Crippen LogP contribution < -0.4 is 0 Å². The highest BCUT2D eigenvalue weighted by Gasteiger charge is 2.18. The van der Waals surface area contributed by atoms with Crippen LogP contribution in [0.3, 0.4) is 0 Å². The Bertz CT molecular complexity index is 520. The Kier molecular flexibility index (Phi) is 1.75. The third kappa shape index (κ3) is 1.22. The minimum Gasteiger partial charge on any atom is -0.326 e. The van der Waals surface area contributed by atoms with E-state index < -0.39 is 0 Å². The van der Waals surface area contributed by atoms with Gasteiger partial charge in [0.05, 0.1) is 18.2 Å². The van der Waals surface area contributed by atoms with Crippen molar-refractivity contribution in [3.63, 3.8) is 0 Å². The number of aromatic nitrogens is 2. The van der Waals surface area contributed by atoms with E-state index >= 15 is 0 Å². The Morgan fingerprint density at radius 2 is 2.00 bits per heavy atom. The van der Waals surface area contributed by atoms with Gasteiger partial charge in [-0.2, -0.15) is 0 Å². The summed E-state index contributed by atoms with van der Waals surface area (Å²) in [5, 5.41) is 0. The van der Waals surface area contributed by atoms with E-state index in [0.29, 0.717) is 0 Å². The topological polar surface area (TPSA) is 17.8 Å². The van der Waals surface area contributed by atoms with Crippen LogP contribution in [0.4, 0.5) is 0 Å². The van der Waals surface area contributed by atoms with Crippen LogP contribution in [0.1, 0.15) is 18.2 Å². The lowest BCUT2D eigenvalue weighted by atomic mass is 10.0. The molecule has 3 rings (SSSR count). The second-order valence-corrected chi connectivity index (χ2v) is 3.88. The largest absolute Gasteiger partial charge is 0.326 e. The third-order valence-corrected chi connectivity index (χ3v) is 3.00. The lowest BCUT2D eigenvalue weighted by molar-refractivity contribution is 0.846. The molecule has 74 valence electrons. The van der Waals surface area contributed by atoms with Gasteiger partial charge in [0.25, 0.3) is 0 Å². The maximum absolute atomic E-state index is 4.15. The Balaban J connectivity index is 2.11. The van der Waals surface area contributed by atoms with E-state index in [4.69, 9.17) is 0 Å². The number of imidazole rings is 1. The molecule has 0 radical (unpaired) electrons. The van der Waals surface area contributed by atoms with Crippen LogP contribution in [0.2, 0.25) is 0 Å². The standard InChI is InChI=1S/C13H12N2/c1-10-12(11-5-3-2-4-6-11)8-15-9-14-7-13(10)15/h2-7,9H,8H2,1H3. The summed E-state index contributed by atoms with van der Waals surface area (Å²) in [7, 11) is 0. The Morgan fingerprint density at radius 3 is 2.73 bits per heavy atom. The summed E-state index contributed by atoms with van der Waals surface area (Å²) in [4.78, 5) is 4.15. The molecular weight excluding hydrogens is 184 g/mol. The van der Waals surface area contributed by atoms with Crippen molar-refractivity contribution in [2.75, 3.05) is 0 Å². The van der Waals surface area contributed by atoms with E-state index in [1.54, 1.807) is 0 Å². The summed E-state index contributed by atoms with van der Waals surface area (Å²) < 4.78 is 2.19. The lowest BCUT2D eigenvalue weighted by Crippen LogP contribution is -1.93. The van der Waals surface area contributed by atoms with Gasteiger partial charge in [0.1, 0.15) is 0 Å². The number of hydrogen-bond donors (Lipinski definition) is 0. The van der Waals surface area contributed by atoms with Gasteiger partial charge in [0.15, 0.2) is 0 Å². The first kappa shape index (κ1) is 8.48. The molecule has 0 bridgehead atoms. The van der Waals surface area contributed by atoms with Crippen LogP contribution in [0.15, 0.2) is 42.9 Å². The molecule has 15 heavy (non-hydrogen) atoms. The summed E-state index contributed by atoms with van der Waals surface area (Å²) in [5.41, 5.74) is 5.32. The molecule has 1 aromatic heterocycles. The maximum Gasteiger partial charge on any atom is 0.0954 e. The molecule has 0 unspecified atom stereocenters. The molecule has 1 aromatic carbocycles. The van der Waals surface area contributed by atoms with Crippen LogP contribution in [0, 0.1) is 0 Å². The van der Waals surface area contributed by atoms with Crippen molar-refractivity contribution < 1.29 is 0 Å². The maximum atomic E-state index is 4.15. The molecule has 1 aliphatic heterocycles. The molecule has 0 aliphatic carbocycles. The summed E-state index contributed by atoms with van der Waals surface area (Å²) in [6.07, 6.45) is 3.83. The van der Waals surface area contributed by atoms with Gasteiger partial charge in [-0.3, -0.25) is 0 Å². The number of allylic oxidation sites excluding steroid dienone is 2. The fourth-order valence-electron chi connectivity index (χ4n) is 2.15. The second kappa shape index (κ2) is 3.09. The summed E-state index contributed by atoms with van der Waals surface area (Å²) in [5.74, 6) is 0. The molecule has 0 atom stereocenters. The highest BCUT2D eigenvalue weighted by molar-refractivity contribution is 5.91. The first-order chi connectivity index (χ1) is 7.36. The average Bonchev–Trinajstić information content (AvgIpc) is 2.83. The van der Waals surface area contributed by atoms with Crippen molar-refractivity contribution >= 4 is 11.1 Å². The van der Waals surface area contributed by atoms with E-state index in [2.05, 4.69) is 46.8 Å². The molecule has 2 heteroatoms. The quantitative estimate of drug-likeness (QED) is 0.685. The van der Waals surface area contributed by atoms with E-state index in [1.165, 1.54) is 22.4 Å². The summed E-state index contributed by atoms with van der Waals surface area (Å²) in [6, 6.07) is 10.6. The number of nitrogens with zero attached hydrogens (tertiary/aromatic N) is 2. The first-order valence-electron chi connectivity index (χ1n) is 5.12. The fourth-order valence-corrected chi connectivity index (χ4v) is 2.15. The zero-order valence-corrected chi connectivity index (χ0v) is 8.64. The Hall–Kier alpha value is -1.83. The number of fused-ring (bicyclic) bond motifs is 1. The van der Waals surface area contributed by atoms with Gasteiger partial charge in [0.2, 0.25) is 0 Å². The highest BCUT2D eigenvalue weighted by Crippen LogP contribution is 2.33. The van der Waals surface area contributed by atoms with Crippen molar-refractivity contribution in [2.24, 2.45) is 0 Å². The predicted octanol–water partition coefficient (Wildman–Crippen LogP) is 2.83. The molecule has 2 heterocycles. The molecule has 1 aliphatic rings. The molecule has 2 aromatic rings. The van der Waals surface area contributed by atoms with Gasteiger partial charge in [-0.1, -0.05) is 30.3 Å². The monoisotopic (exact) mass is 196 g/mol. The van der Waals surface area contributed by atoms with E-state index in [1.807, 2.05) is 12.5 Å². The predicted molar refractivity (Wildman–Crippen MR) is 61.2 cm³/mol. The van der Waals surface area contributed by atoms with E-state index in [-0.39, 0.29) is 0 Å². The molecule has 0 spiro atoms. The molecular formula is C13H12N2. The van der Waals surface area contributed by atoms with Gasteiger partial charge in [-0.25, -0.2) is 4.98 Å². The number of benzene rings is 1. The zero-order valence-electron chi connectivity index (χ0n) is 8.64.